The number of piperazine rings is 1. The van der Waals surface area contributed by atoms with E-state index in [0.717, 1.165) is 57.7 Å². The van der Waals surface area contributed by atoms with E-state index in [4.69, 9.17) is 13.9 Å². The fourth-order valence-corrected chi connectivity index (χ4v) is 6.41. The number of para-hydroxylation sites is 1. The topological polar surface area (TPSA) is 77.1 Å². The molecular formula is C39H51N3O5. The first-order valence-electron chi connectivity index (χ1n) is 17.7. The number of rotatable bonds is 18. The Morgan fingerprint density at radius 2 is 1.38 bits per heavy atom. The van der Waals surface area contributed by atoms with Crippen molar-refractivity contribution in [1.82, 2.24) is 9.47 Å². The van der Waals surface area contributed by atoms with Crippen molar-refractivity contribution in [2.45, 2.75) is 90.8 Å². The number of nitrogens with zero attached hydrogens (tertiary/aromatic N) is 3. The van der Waals surface area contributed by atoms with E-state index in [2.05, 4.69) is 65.3 Å². The van der Waals surface area contributed by atoms with Gasteiger partial charge in [-0.2, -0.15) is 0 Å². The van der Waals surface area contributed by atoms with Crippen LogP contribution in [0.2, 0.25) is 0 Å². The molecule has 47 heavy (non-hydrogen) atoms. The van der Waals surface area contributed by atoms with E-state index in [1.807, 2.05) is 24.3 Å². The lowest BCUT2D eigenvalue weighted by atomic mass is 10.0. The van der Waals surface area contributed by atoms with Gasteiger partial charge in [-0.1, -0.05) is 126 Å². The maximum Gasteiger partial charge on any atom is 0.510 e. The maximum absolute atomic E-state index is 12.8. The Morgan fingerprint density at radius 3 is 2.11 bits per heavy atom. The van der Waals surface area contributed by atoms with Crippen LogP contribution in [0.1, 0.15) is 83.1 Å². The monoisotopic (exact) mass is 641 g/mol. The Morgan fingerprint density at radius 1 is 0.723 bits per heavy atom. The van der Waals surface area contributed by atoms with Crippen molar-refractivity contribution >= 4 is 22.9 Å². The molecule has 0 aliphatic carbocycles. The van der Waals surface area contributed by atoms with E-state index >= 15 is 0 Å². The van der Waals surface area contributed by atoms with Gasteiger partial charge in [-0.05, 0) is 41.3 Å². The zero-order chi connectivity index (χ0) is 32.7. The van der Waals surface area contributed by atoms with Crippen LogP contribution >= 0.6 is 0 Å². The summed E-state index contributed by atoms with van der Waals surface area (Å²) < 4.78 is 17.6. The highest BCUT2D eigenvalue weighted by molar-refractivity contribution is 5.87. The molecule has 2 heterocycles. The van der Waals surface area contributed by atoms with E-state index in [1.54, 1.807) is 0 Å². The standard InChI is InChI=1S/C39H51N3O5/c1-2-3-4-5-6-7-8-9-10-11-15-28-45-39(44)46-31-42-36-23-17-22-35(37(36)47-38(42)43)41-26-24-40(25-27-41)30-32-18-16-21-34(29-32)33-19-13-12-14-20-33/h12-14,16-23,29H,2-11,15,24-28,30-31H2,1H3. The number of aromatic nitrogens is 1. The van der Waals surface area contributed by atoms with Gasteiger partial charge in [0.1, 0.15) is 0 Å². The van der Waals surface area contributed by atoms with Crippen molar-refractivity contribution in [2.24, 2.45) is 0 Å². The van der Waals surface area contributed by atoms with E-state index in [1.165, 1.54) is 72.6 Å². The Hall–Kier alpha value is -4.04. The second-order valence-corrected chi connectivity index (χ2v) is 12.7. The first-order valence-corrected chi connectivity index (χ1v) is 17.7. The molecule has 0 radical (unpaired) electrons. The van der Waals surface area contributed by atoms with Crippen LogP contribution in [0.5, 0.6) is 0 Å². The number of carbonyl (C=O) groups excluding carboxylic acids is 1. The Balaban J connectivity index is 1.04. The summed E-state index contributed by atoms with van der Waals surface area (Å²) in [7, 11) is 0. The molecule has 8 heteroatoms. The molecular weight excluding hydrogens is 590 g/mol. The average Bonchev–Trinajstić information content (AvgIpc) is 3.43. The SMILES string of the molecule is CCCCCCCCCCCCCOC(=O)OCn1c(=O)oc2c(N3CCN(Cc4cccc(-c5ccccc5)c4)CC3)cccc21. The highest BCUT2D eigenvalue weighted by Crippen LogP contribution is 2.28. The van der Waals surface area contributed by atoms with E-state index in [0.29, 0.717) is 17.7 Å². The van der Waals surface area contributed by atoms with Gasteiger partial charge >= 0.3 is 11.9 Å². The largest absolute Gasteiger partial charge is 0.510 e. The number of benzene rings is 3. The molecule has 0 saturated carbocycles. The first-order chi connectivity index (χ1) is 23.1. The van der Waals surface area contributed by atoms with Crippen LogP contribution in [0.3, 0.4) is 0 Å². The number of oxazole rings is 1. The summed E-state index contributed by atoms with van der Waals surface area (Å²) in [6.45, 7) is 6.63. The molecule has 252 valence electrons. The van der Waals surface area contributed by atoms with Crippen molar-refractivity contribution in [2.75, 3.05) is 37.7 Å². The zero-order valence-corrected chi connectivity index (χ0v) is 28.0. The Labute approximate surface area is 279 Å². The minimum atomic E-state index is -0.764. The molecule has 5 rings (SSSR count). The molecule has 0 atom stereocenters. The van der Waals surface area contributed by atoms with E-state index < -0.39 is 11.9 Å². The maximum atomic E-state index is 12.8. The fourth-order valence-electron chi connectivity index (χ4n) is 6.41. The lowest BCUT2D eigenvalue weighted by molar-refractivity contribution is 0.0322. The molecule has 1 fully saturated rings. The van der Waals surface area contributed by atoms with Crippen molar-refractivity contribution < 1.29 is 18.7 Å². The summed E-state index contributed by atoms with van der Waals surface area (Å²) in [5.74, 6) is -0.553. The molecule has 1 aromatic heterocycles. The molecule has 1 aliphatic heterocycles. The van der Waals surface area contributed by atoms with Gasteiger partial charge < -0.3 is 18.8 Å². The summed E-state index contributed by atoms with van der Waals surface area (Å²) in [4.78, 5) is 29.7. The van der Waals surface area contributed by atoms with Crippen LogP contribution in [0, 0.1) is 0 Å². The molecule has 4 aromatic rings. The van der Waals surface area contributed by atoms with Gasteiger partial charge in [-0.3, -0.25) is 4.90 Å². The number of hydrogen-bond acceptors (Lipinski definition) is 7. The Bertz CT molecular complexity index is 1570. The van der Waals surface area contributed by atoms with Crippen LogP contribution in [0.4, 0.5) is 10.5 Å². The van der Waals surface area contributed by atoms with Crippen molar-refractivity contribution in [3.63, 3.8) is 0 Å². The molecule has 8 nitrogen and oxygen atoms in total. The highest BCUT2D eigenvalue weighted by atomic mass is 16.7. The number of anilines is 1. The first kappa shape index (κ1) is 34.3. The Kier molecular flexibility index (Phi) is 13.4. The van der Waals surface area contributed by atoms with Gasteiger partial charge in [0.25, 0.3) is 0 Å². The second kappa shape index (κ2) is 18.3. The minimum Gasteiger partial charge on any atom is -0.434 e. The van der Waals surface area contributed by atoms with E-state index in [9.17, 15) is 9.59 Å². The van der Waals surface area contributed by atoms with Gasteiger partial charge in [0, 0.05) is 32.7 Å². The van der Waals surface area contributed by atoms with E-state index in [-0.39, 0.29) is 6.73 Å². The predicted octanol–water partition coefficient (Wildman–Crippen LogP) is 9.01. The molecule has 1 aliphatic rings. The molecule has 0 bridgehead atoms. The van der Waals surface area contributed by atoms with Gasteiger partial charge in [0.2, 0.25) is 0 Å². The third-order valence-electron chi connectivity index (χ3n) is 9.11. The molecule has 0 amide bonds. The number of ether oxygens (including phenoxy) is 2. The van der Waals surface area contributed by atoms with Gasteiger partial charge in [0.15, 0.2) is 12.3 Å². The van der Waals surface area contributed by atoms with Crippen LogP contribution in [0.15, 0.2) is 82.0 Å². The lowest BCUT2D eigenvalue weighted by Crippen LogP contribution is -2.46. The van der Waals surface area contributed by atoms with Crippen molar-refractivity contribution in [3.05, 3.63) is 88.9 Å². The molecule has 0 unspecified atom stereocenters. The number of hydrogen-bond donors (Lipinski definition) is 0. The molecule has 1 saturated heterocycles. The summed E-state index contributed by atoms with van der Waals surface area (Å²) >= 11 is 0. The van der Waals surface area contributed by atoms with Crippen LogP contribution in [0.25, 0.3) is 22.2 Å². The third kappa shape index (κ3) is 10.2. The number of unbranched alkanes of at least 4 members (excludes halogenated alkanes) is 10. The second-order valence-electron chi connectivity index (χ2n) is 12.7. The highest BCUT2D eigenvalue weighted by Gasteiger charge is 2.22. The predicted molar refractivity (Wildman–Crippen MR) is 189 cm³/mol. The van der Waals surface area contributed by atoms with Crippen molar-refractivity contribution in [3.8, 4) is 11.1 Å². The van der Waals surface area contributed by atoms with Crippen LogP contribution < -0.4 is 10.7 Å². The van der Waals surface area contributed by atoms with Crippen LogP contribution in [-0.4, -0.2) is 48.4 Å². The molecule has 0 N–H and O–H groups in total. The fraction of sp³-hybridized carbons (Fsp3) is 0.487. The summed E-state index contributed by atoms with van der Waals surface area (Å²) in [5, 5.41) is 0. The minimum absolute atomic E-state index is 0.248. The molecule has 3 aromatic carbocycles. The van der Waals surface area contributed by atoms with Crippen LogP contribution in [-0.2, 0) is 22.7 Å². The number of carbonyl (C=O) groups is 1. The lowest BCUT2D eigenvalue weighted by Gasteiger charge is -2.36. The zero-order valence-electron chi connectivity index (χ0n) is 28.0. The summed E-state index contributed by atoms with van der Waals surface area (Å²) in [6, 6.07) is 24.9. The van der Waals surface area contributed by atoms with Gasteiger partial charge in [-0.15, -0.1) is 0 Å². The quantitative estimate of drug-likeness (QED) is 0.0793. The third-order valence-corrected chi connectivity index (χ3v) is 9.11. The van der Waals surface area contributed by atoms with Gasteiger partial charge in [0.05, 0.1) is 17.8 Å². The summed E-state index contributed by atoms with van der Waals surface area (Å²) in [6.07, 6.45) is 12.8. The summed E-state index contributed by atoms with van der Waals surface area (Å²) in [5.41, 5.74) is 5.74. The van der Waals surface area contributed by atoms with Crippen molar-refractivity contribution in [1.29, 1.82) is 0 Å². The number of fused-ring (bicyclic) bond motifs is 1. The molecule has 0 spiro atoms. The normalized spacial score (nSPS) is 13.7. The smallest absolute Gasteiger partial charge is 0.434 e. The van der Waals surface area contributed by atoms with Gasteiger partial charge in [-0.25, -0.2) is 14.2 Å². The average molecular weight is 642 g/mol.